The molecule has 1 heterocycles. The van der Waals surface area contributed by atoms with Crippen molar-refractivity contribution >= 4 is 5.91 Å². The highest BCUT2D eigenvalue weighted by Gasteiger charge is 2.31. The van der Waals surface area contributed by atoms with Gasteiger partial charge in [-0.1, -0.05) is 26.0 Å². The van der Waals surface area contributed by atoms with Gasteiger partial charge in [0.1, 0.15) is 0 Å². The molecule has 1 amide bonds. The summed E-state index contributed by atoms with van der Waals surface area (Å²) in [5, 5.41) is 0. The van der Waals surface area contributed by atoms with E-state index in [1.54, 1.807) is 0 Å². The number of hydrogen-bond donors (Lipinski definition) is 1. The first-order chi connectivity index (χ1) is 11.3. The van der Waals surface area contributed by atoms with Gasteiger partial charge in [-0.25, -0.2) is 0 Å². The second kappa shape index (κ2) is 8.87. The Balaban J connectivity index is 0.00000139. The van der Waals surface area contributed by atoms with Crippen LogP contribution in [-0.4, -0.2) is 23.9 Å². The Morgan fingerprint density at radius 2 is 1.92 bits per heavy atom. The fourth-order valence-electron chi connectivity index (χ4n) is 2.65. The van der Waals surface area contributed by atoms with Crippen molar-refractivity contribution in [2.45, 2.75) is 45.8 Å². The molecular formula is C18H25F3N2O. The lowest BCUT2D eigenvalue weighted by molar-refractivity contribution is -0.137. The zero-order valence-electron chi connectivity index (χ0n) is 14.2. The number of benzene rings is 1. The van der Waals surface area contributed by atoms with Crippen molar-refractivity contribution < 1.29 is 18.0 Å². The highest BCUT2D eigenvalue weighted by molar-refractivity contribution is 5.94. The van der Waals surface area contributed by atoms with Crippen LogP contribution in [0.4, 0.5) is 13.2 Å². The van der Waals surface area contributed by atoms with Gasteiger partial charge in [0.25, 0.3) is 0 Å². The van der Waals surface area contributed by atoms with Crippen LogP contribution in [0.25, 0.3) is 0 Å². The number of amides is 1. The van der Waals surface area contributed by atoms with Gasteiger partial charge in [0, 0.05) is 18.7 Å². The Hall–Kier alpha value is -1.82. The molecule has 0 aromatic heterocycles. The molecule has 1 aliphatic heterocycles. The Kier molecular flexibility index (Phi) is 7.48. The summed E-state index contributed by atoms with van der Waals surface area (Å²) < 4.78 is 38.6. The Bertz CT molecular complexity index is 582. The number of nitrogens with zero attached hydrogens (tertiary/aromatic N) is 1. The minimum absolute atomic E-state index is 0.149. The van der Waals surface area contributed by atoms with Crippen LogP contribution in [-0.2, 0) is 12.7 Å². The standard InChI is InChI=1S/C16H19F3N2O.C2H6/c1-11-3-2-7-21(8-6-11)10-12-9-13(16(17,18)19)4-5-14(12)15(20)22;1-2/h4-5,9H,1-3,6-8,10H2,(H2,20,22);1-2H3. The van der Waals surface area contributed by atoms with Gasteiger partial charge in [0.2, 0.25) is 5.91 Å². The van der Waals surface area contributed by atoms with Crippen LogP contribution >= 0.6 is 0 Å². The molecule has 0 atom stereocenters. The second-order valence-corrected chi connectivity index (χ2v) is 5.61. The third-order valence-corrected chi connectivity index (χ3v) is 3.88. The first-order valence-electron chi connectivity index (χ1n) is 8.16. The number of alkyl halides is 3. The minimum atomic E-state index is -4.43. The van der Waals surface area contributed by atoms with Crippen molar-refractivity contribution in [1.29, 1.82) is 0 Å². The molecule has 6 heteroatoms. The number of primary amides is 1. The van der Waals surface area contributed by atoms with Crippen LogP contribution in [0.1, 0.15) is 54.6 Å². The Morgan fingerprint density at radius 1 is 1.25 bits per heavy atom. The van der Waals surface area contributed by atoms with E-state index >= 15 is 0 Å². The van der Waals surface area contributed by atoms with E-state index in [9.17, 15) is 18.0 Å². The van der Waals surface area contributed by atoms with Gasteiger partial charge in [0.05, 0.1) is 5.56 Å². The average molecular weight is 342 g/mol. The van der Waals surface area contributed by atoms with Gasteiger partial charge in [0.15, 0.2) is 0 Å². The van der Waals surface area contributed by atoms with E-state index in [4.69, 9.17) is 5.73 Å². The summed E-state index contributed by atoms with van der Waals surface area (Å²) in [5.74, 6) is -0.706. The number of hydrogen-bond acceptors (Lipinski definition) is 2. The van der Waals surface area contributed by atoms with Crippen molar-refractivity contribution in [3.8, 4) is 0 Å². The fourth-order valence-corrected chi connectivity index (χ4v) is 2.65. The highest BCUT2D eigenvalue weighted by Crippen LogP contribution is 2.31. The lowest BCUT2D eigenvalue weighted by Crippen LogP contribution is -2.26. The SMILES string of the molecule is C=C1CCCN(Cc2cc(C(F)(F)F)ccc2C(N)=O)CC1.CC. The van der Waals surface area contributed by atoms with Crippen molar-refractivity contribution in [2.75, 3.05) is 13.1 Å². The summed E-state index contributed by atoms with van der Waals surface area (Å²) >= 11 is 0. The molecule has 1 saturated heterocycles. The maximum absolute atomic E-state index is 12.9. The van der Waals surface area contributed by atoms with Crippen LogP contribution in [0.15, 0.2) is 30.4 Å². The molecule has 0 saturated carbocycles. The van der Waals surface area contributed by atoms with Crippen molar-refractivity contribution in [3.05, 3.63) is 47.0 Å². The van der Waals surface area contributed by atoms with E-state index in [0.717, 1.165) is 56.1 Å². The maximum Gasteiger partial charge on any atom is 0.416 e. The van der Waals surface area contributed by atoms with Crippen LogP contribution in [0, 0.1) is 0 Å². The van der Waals surface area contributed by atoms with Gasteiger partial charge < -0.3 is 5.73 Å². The smallest absolute Gasteiger partial charge is 0.366 e. The molecule has 134 valence electrons. The van der Waals surface area contributed by atoms with Crippen LogP contribution in [0.3, 0.4) is 0 Å². The van der Waals surface area contributed by atoms with Crippen molar-refractivity contribution in [1.82, 2.24) is 4.90 Å². The molecular weight excluding hydrogens is 317 g/mol. The quantitative estimate of drug-likeness (QED) is 0.829. The van der Waals surface area contributed by atoms with E-state index in [1.165, 1.54) is 0 Å². The van der Waals surface area contributed by atoms with Crippen LogP contribution in [0.2, 0.25) is 0 Å². The Labute approximate surface area is 141 Å². The third kappa shape index (κ3) is 5.67. The first kappa shape index (κ1) is 20.2. The molecule has 1 aromatic carbocycles. The van der Waals surface area contributed by atoms with Gasteiger partial charge >= 0.3 is 6.18 Å². The number of likely N-dealkylation sites (tertiary alicyclic amines) is 1. The molecule has 0 bridgehead atoms. The summed E-state index contributed by atoms with van der Waals surface area (Å²) in [6.45, 7) is 9.75. The molecule has 3 nitrogen and oxygen atoms in total. The van der Waals surface area contributed by atoms with E-state index in [0.29, 0.717) is 5.56 Å². The van der Waals surface area contributed by atoms with E-state index in [-0.39, 0.29) is 12.1 Å². The highest BCUT2D eigenvalue weighted by atomic mass is 19.4. The number of nitrogens with two attached hydrogens (primary N) is 1. The van der Waals surface area contributed by atoms with Gasteiger partial charge in [-0.2, -0.15) is 13.2 Å². The van der Waals surface area contributed by atoms with E-state index in [2.05, 4.69) is 6.58 Å². The molecule has 0 unspecified atom stereocenters. The summed E-state index contributed by atoms with van der Waals surface area (Å²) in [7, 11) is 0. The van der Waals surface area contributed by atoms with Crippen molar-refractivity contribution in [3.63, 3.8) is 0 Å². The van der Waals surface area contributed by atoms with Gasteiger partial charge in [-0.3, -0.25) is 9.69 Å². The second-order valence-electron chi connectivity index (χ2n) is 5.61. The largest absolute Gasteiger partial charge is 0.416 e. The monoisotopic (exact) mass is 342 g/mol. The van der Waals surface area contributed by atoms with E-state index in [1.807, 2.05) is 18.7 Å². The average Bonchev–Trinajstić information content (AvgIpc) is 2.73. The lowest BCUT2D eigenvalue weighted by Gasteiger charge is -2.21. The fraction of sp³-hybridized carbons (Fsp3) is 0.500. The molecule has 1 aliphatic rings. The van der Waals surface area contributed by atoms with Crippen LogP contribution < -0.4 is 5.73 Å². The molecule has 0 radical (unpaired) electrons. The van der Waals surface area contributed by atoms with Crippen molar-refractivity contribution in [2.24, 2.45) is 5.73 Å². The third-order valence-electron chi connectivity index (χ3n) is 3.88. The maximum atomic E-state index is 12.9. The van der Waals surface area contributed by atoms with Gasteiger partial charge in [-0.05, 0) is 49.6 Å². The minimum Gasteiger partial charge on any atom is -0.366 e. The zero-order chi connectivity index (χ0) is 18.3. The first-order valence-corrected chi connectivity index (χ1v) is 8.16. The summed E-state index contributed by atoms with van der Waals surface area (Å²) in [5.41, 5.74) is 6.15. The molecule has 1 fully saturated rings. The Morgan fingerprint density at radius 3 is 2.50 bits per heavy atom. The van der Waals surface area contributed by atoms with E-state index < -0.39 is 17.6 Å². The number of carbonyl (C=O) groups excluding carboxylic acids is 1. The predicted molar refractivity (Wildman–Crippen MR) is 89.6 cm³/mol. The molecule has 24 heavy (non-hydrogen) atoms. The normalized spacial score (nSPS) is 16.1. The summed E-state index contributed by atoms with van der Waals surface area (Å²) in [6, 6.07) is 3.09. The lowest BCUT2D eigenvalue weighted by atomic mass is 10.0. The molecule has 0 aliphatic carbocycles. The van der Waals surface area contributed by atoms with Crippen LogP contribution in [0.5, 0.6) is 0 Å². The molecule has 1 aromatic rings. The zero-order valence-corrected chi connectivity index (χ0v) is 14.2. The number of carbonyl (C=O) groups is 1. The molecule has 2 N–H and O–H groups in total. The predicted octanol–water partition coefficient (Wildman–Crippen LogP) is 4.37. The van der Waals surface area contributed by atoms with Gasteiger partial charge in [-0.15, -0.1) is 0 Å². The number of halogens is 3. The molecule has 2 rings (SSSR count). The summed E-state index contributed by atoms with van der Waals surface area (Å²) in [6.07, 6.45) is -1.76. The summed E-state index contributed by atoms with van der Waals surface area (Å²) in [4.78, 5) is 13.5. The topological polar surface area (TPSA) is 46.3 Å². The molecule has 0 spiro atoms. The number of rotatable bonds is 3.